The quantitative estimate of drug-likeness (QED) is 0.711. The van der Waals surface area contributed by atoms with Gasteiger partial charge in [0.25, 0.3) is 0 Å². The third-order valence-corrected chi connectivity index (χ3v) is 2.95. The minimum absolute atomic E-state index is 0.0218. The summed E-state index contributed by atoms with van der Waals surface area (Å²) in [7, 11) is 0. The van der Waals surface area contributed by atoms with E-state index in [1.807, 2.05) is 36.7 Å². The van der Waals surface area contributed by atoms with Crippen LogP contribution in [0.2, 0.25) is 0 Å². The number of hydrogen-bond donors (Lipinski definition) is 0. The molecule has 2 rings (SSSR count). The van der Waals surface area contributed by atoms with Gasteiger partial charge in [-0.15, -0.1) is 11.3 Å². The zero-order valence-electron chi connectivity index (χ0n) is 8.44. The first-order chi connectivity index (χ1) is 6.61. The van der Waals surface area contributed by atoms with Crippen molar-refractivity contribution in [3.63, 3.8) is 0 Å². The number of carbonyl (C=O) groups is 1. The van der Waals surface area contributed by atoms with Crippen molar-refractivity contribution in [1.29, 1.82) is 0 Å². The average molecular weight is 208 g/mol. The molecule has 0 aromatic carbocycles. The lowest BCUT2D eigenvalue weighted by Crippen LogP contribution is -2.11. The van der Waals surface area contributed by atoms with E-state index in [0.717, 1.165) is 16.3 Å². The minimum atomic E-state index is 0.0218. The van der Waals surface area contributed by atoms with Gasteiger partial charge in [0.1, 0.15) is 5.69 Å². The van der Waals surface area contributed by atoms with E-state index in [2.05, 4.69) is 4.98 Å². The lowest BCUT2D eigenvalue weighted by atomic mass is 10.1. The first kappa shape index (κ1) is 9.40. The largest absolute Gasteiger partial charge is 0.292 e. The number of aromatic nitrogens is 2. The first-order valence-corrected chi connectivity index (χ1v) is 5.45. The monoisotopic (exact) mass is 208 g/mol. The Morgan fingerprint density at radius 2 is 2.29 bits per heavy atom. The van der Waals surface area contributed by atoms with Gasteiger partial charge in [0.05, 0.1) is 5.69 Å². The van der Waals surface area contributed by atoms with E-state index in [-0.39, 0.29) is 11.7 Å². The van der Waals surface area contributed by atoms with Crippen molar-refractivity contribution in [2.45, 2.75) is 20.8 Å². The summed E-state index contributed by atoms with van der Waals surface area (Å²) in [5.41, 5.74) is 1.56. The van der Waals surface area contributed by atoms with E-state index in [4.69, 9.17) is 0 Å². The smallest absolute Gasteiger partial charge is 0.194 e. The molecule has 0 aliphatic rings. The van der Waals surface area contributed by atoms with Crippen LogP contribution < -0.4 is 0 Å². The molecule has 0 atom stereocenters. The predicted molar refractivity (Wildman–Crippen MR) is 57.0 cm³/mol. The molecule has 74 valence electrons. The Morgan fingerprint density at radius 1 is 1.57 bits per heavy atom. The van der Waals surface area contributed by atoms with Crippen LogP contribution in [0.15, 0.2) is 11.6 Å². The van der Waals surface area contributed by atoms with Crippen molar-refractivity contribution in [2.75, 3.05) is 0 Å². The van der Waals surface area contributed by atoms with Crippen LogP contribution in [0.25, 0.3) is 4.96 Å². The summed E-state index contributed by atoms with van der Waals surface area (Å²) < 4.78 is 1.88. The molecule has 0 saturated carbocycles. The molecule has 0 amide bonds. The summed E-state index contributed by atoms with van der Waals surface area (Å²) in [6.45, 7) is 5.70. The minimum Gasteiger partial charge on any atom is -0.292 e. The third-order valence-electron chi connectivity index (χ3n) is 2.19. The van der Waals surface area contributed by atoms with Crippen LogP contribution in [-0.4, -0.2) is 15.2 Å². The standard InChI is InChI=1S/C10H12N2OS/c1-6(2)9(13)8-7(3)11-10-12(8)4-5-14-10/h4-6H,1-3H3. The van der Waals surface area contributed by atoms with Gasteiger partial charge in [-0.1, -0.05) is 13.8 Å². The summed E-state index contributed by atoms with van der Waals surface area (Å²) >= 11 is 1.55. The Bertz CT molecular complexity index is 481. The number of carbonyl (C=O) groups excluding carboxylic acids is 1. The normalized spacial score (nSPS) is 11.4. The van der Waals surface area contributed by atoms with E-state index in [1.54, 1.807) is 11.3 Å². The number of nitrogens with zero attached hydrogens (tertiary/aromatic N) is 2. The number of ketones is 1. The molecule has 0 spiro atoms. The number of thiazole rings is 1. The van der Waals surface area contributed by atoms with Crippen LogP contribution in [-0.2, 0) is 0 Å². The SMILES string of the molecule is Cc1nc2sccn2c1C(=O)C(C)C. The molecule has 2 aromatic heterocycles. The van der Waals surface area contributed by atoms with Gasteiger partial charge in [-0.3, -0.25) is 9.20 Å². The highest BCUT2D eigenvalue weighted by atomic mass is 32.1. The lowest BCUT2D eigenvalue weighted by Gasteiger charge is -2.03. The molecule has 0 aliphatic carbocycles. The van der Waals surface area contributed by atoms with Crippen molar-refractivity contribution >= 4 is 22.1 Å². The molecule has 0 bridgehead atoms. The molecule has 0 unspecified atom stereocenters. The fraction of sp³-hybridized carbons (Fsp3) is 0.400. The Labute approximate surface area is 86.4 Å². The fourth-order valence-electron chi connectivity index (χ4n) is 1.46. The maximum atomic E-state index is 11.9. The molecule has 14 heavy (non-hydrogen) atoms. The number of Topliss-reactive ketones (excluding diaryl/α,β-unsaturated/α-hetero) is 1. The Kier molecular flexibility index (Phi) is 2.15. The number of hydrogen-bond acceptors (Lipinski definition) is 3. The van der Waals surface area contributed by atoms with Crippen LogP contribution in [0.5, 0.6) is 0 Å². The van der Waals surface area contributed by atoms with Crippen LogP contribution in [0.4, 0.5) is 0 Å². The van der Waals surface area contributed by atoms with Crippen molar-refractivity contribution in [2.24, 2.45) is 5.92 Å². The second kappa shape index (κ2) is 3.20. The Balaban J connectivity index is 2.64. The highest BCUT2D eigenvalue weighted by Gasteiger charge is 2.19. The molecular formula is C10H12N2OS. The summed E-state index contributed by atoms with van der Waals surface area (Å²) in [6.07, 6.45) is 1.90. The van der Waals surface area contributed by atoms with E-state index < -0.39 is 0 Å². The predicted octanol–water partition coefficient (Wildman–Crippen LogP) is 2.54. The maximum absolute atomic E-state index is 11.9. The summed E-state index contributed by atoms with van der Waals surface area (Å²) in [5, 5.41) is 1.94. The van der Waals surface area contributed by atoms with E-state index >= 15 is 0 Å². The van der Waals surface area contributed by atoms with Gasteiger partial charge in [-0.2, -0.15) is 0 Å². The second-order valence-corrected chi connectivity index (χ2v) is 4.49. The lowest BCUT2D eigenvalue weighted by molar-refractivity contribution is 0.0933. The number of imidazole rings is 1. The highest BCUT2D eigenvalue weighted by Crippen LogP contribution is 2.19. The number of fused-ring (bicyclic) bond motifs is 1. The topological polar surface area (TPSA) is 34.4 Å². The fourth-order valence-corrected chi connectivity index (χ4v) is 2.22. The Morgan fingerprint density at radius 3 is 2.93 bits per heavy atom. The number of aryl methyl sites for hydroxylation is 1. The Hall–Kier alpha value is -1.16. The molecule has 0 saturated heterocycles. The maximum Gasteiger partial charge on any atom is 0.194 e. The van der Waals surface area contributed by atoms with E-state index in [0.29, 0.717) is 0 Å². The number of rotatable bonds is 2. The van der Waals surface area contributed by atoms with Gasteiger partial charge in [-0.05, 0) is 6.92 Å². The molecule has 0 N–H and O–H groups in total. The molecule has 2 heterocycles. The molecule has 4 heteroatoms. The zero-order valence-corrected chi connectivity index (χ0v) is 9.26. The van der Waals surface area contributed by atoms with Crippen LogP contribution >= 0.6 is 11.3 Å². The van der Waals surface area contributed by atoms with E-state index in [9.17, 15) is 4.79 Å². The van der Waals surface area contributed by atoms with Crippen LogP contribution in [0.1, 0.15) is 30.0 Å². The van der Waals surface area contributed by atoms with Gasteiger partial charge in [0.2, 0.25) is 0 Å². The van der Waals surface area contributed by atoms with Gasteiger partial charge in [-0.25, -0.2) is 4.98 Å². The molecule has 3 nitrogen and oxygen atoms in total. The van der Waals surface area contributed by atoms with Crippen LogP contribution in [0.3, 0.4) is 0 Å². The molecule has 0 aliphatic heterocycles. The van der Waals surface area contributed by atoms with Crippen LogP contribution in [0, 0.1) is 12.8 Å². The van der Waals surface area contributed by atoms with Crippen molar-refractivity contribution < 1.29 is 4.79 Å². The molecule has 0 fully saturated rings. The highest BCUT2D eigenvalue weighted by molar-refractivity contribution is 7.15. The van der Waals surface area contributed by atoms with Gasteiger partial charge < -0.3 is 0 Å². The average Bonchev–Trinajstić information content (AvgIpc) is 2.62. The first-order valence-electron chi connectivity index (χ1n) is 4.57. The van der Waals surface area contributed by atoms with Crippen molar-refractivity contribution in [3.8, 4) is 0 Å². The van der Waals surface area contributed by atoms with Crippen molar-refractivity contribution in [1.82, 2.24) is 9.38 Å². The molecule has 2 aromatic rings. The zero-order chi connectivity index (χ0) is 10.3. The van der Waals surface area contributed by atoms with Crippen molar-refractivity contribution in [3.05, 3.63) is 23.0 Å². The van der Waals surface area contributed by atoms with E-state index in [1.165, 1.54) is 0 Å². The summed E-state index contributed by atoms with van der Waals surface area (Å²) in [5.74, 6) is 0.182. The summed E-state index contributed by atoms with van der Waals surface area (Å²) in [6, 6.07) is 0. The third kappa shape index (κ3) is 1.26. The van der Waals surface area contributed by atoms with Gasteiger partial charge >= 0.3 is 0 Å². The van der Waals surface area contributed by atoms with Gasteiger partial charge in [0.15, 0.2) is 10.7 Å². The van der Waals surface area contributed by atoms with Gasteiger partial charge in [0, 0.05) is 17.5 Å². The molecular weight excluding hydrogens is 196 g/mol. The summed E-state index contributed by atoms with van der Waals surface area (Å²) in [4.78, 5) is 17.1. The molecule has 0 radical (unpaired) electrons. The second-order valence-electron chi connectivity index (χ2n) is 3.62.